The molecule has 2 N–H and O–H groups in total. The van der Waals surface area contributed by atoms with Crippen LogP contribution in [0, 0.1) is 5.92 Å². The van der Waals surface area contributed by atoms with E-state index in [1.165, 1.54) is 36.8 Å². The molecule has 0 aliphatic heterocycles. The van der Waals surface area contributed by atoms with Gasteiger partial charge in [-0.2, -0.15) is 0 Å². The average molecular weight is 261 g/mol. The van der Waals surface area contributed by atoms with Gasteiger partial charge in [-0.1, -0.05) is 37.6 Å². The second-order valence-electron chi connectivity index (χ2n) is 5.88. The van der Waals surface area contributed by atoms with E-state index in [1.54, 1.807) is 0 Å². The highest BCUT2D eigenvalue weighted by atomic mass is 16.3. The maximum Gasteiger partial charge on any atom is 0.0456 e. The lowest BCUT2D eigenvalue weighted by Gasteiger charge is -2.20. The van der Waals surface area contributed by atoms with Crippen LogP contribution in [0.2, 0.25) is 0 Å². The third-order valence-corrected chi connectivity index (χ3v) is 4.20. The first-order valence-electron chi connectivity index (χ1n) is 7.73. The van der Waals surface area contributed by atoms with Crippen LogP contribution in [0.15, 0.2) is 24.3 Å². The molecule has 1 aliphatic carbocycles. The van der Waals surface area contributed by atoms with Gasteiger partial charge in [-0.25, -0.2) is 0 Å². The van der Waals surface area contributed by atoms with Crippen molar-refractivity contribution < 1.29 is 5.11 Å². The van der Waals surface area contributed by atoms with Crippen LogP contribution in [0.5, 0.6) is 0 Å². The zero-order chi connectivity index (χ0) is 13.5. The van der Waals surface area contributed by atoms with Gasteiger partial charge >= 0.3 is 0 Å². The van der Waals surface area contributed by atoms with Crippen molar-refractivity contribution in [3.05, 3.63) is 35.4 Å². The van der Waals surface area contributed by atoms with Gasteiger partial charge in [0.1, 0.15) is 0 Å². The van der Waals surface area contributed by atoms with Crippen molar-refractivity contribution in [1.82, 2.24) is 5.32 Å². The standard InChI is InChI=1S/C17H27NO/c1-14(13-19)7-6-12-18-17-11-5-3-9-15-8-2-4-10-16(15)17/h2,4,8,10,14,17-19H,3,5-7,9,11-13H2,1H3. The summed E-state index contributed by atoms with van der Waals surface area (Å²) >= 11 is 0. The van der Waals surface area contributed by atoms with E-state index < -0.39 is 0 Å². The number of hydrogen-bond donors (Lipinski definition) is 2. The summed E-state index contributed by atoms with van der Waals surface area (Å²) in [7, 11) is 0. The van der Waals surface area contributed by atoms with Crippen molar-refractivity contribution in [3.8, 4) is 0 Å². The quantitative estimate of drug-likeness (QED) is 0.607. The number of aliphatic hydroxyl groups excluding tert-OH is 1. The fraction of sp³-hybridized carbons (Fsp3) is 0.647. The Bertz CT molecular complexity index is 377. The first-order chi connectivity index (χ1) is 9.31. The molecule has 0 bridgehead atoms. The molecule has 2 rings (SSSR count). The second kappa shape index (κ2) is 7.66. The molecule has 2 unspecified atom stereocenters. The minimum Gasteiger partial charge on any atom is -0.396 e. The summed E-state index contributed by atoms with van der Waals surface area (Å²) in [5, 5.41) is 12.7. The van der Waals surface area contributed by atoms with Gasteiger partial charge in [0, 0.05) is 12.6 Å². The van der Waals surface area contributed by atoms with Crippen molar-refractivity contribution in [3.63, 3.8) is 0 Å². The van der Waals surface area contributed by atoms with Gasteiger partial charge in [-0.15, -0.1) is 0 Å². The largest absolute Gasteiger partial charge is 0.396 e. The number of benzene rings is 1. The SMILES string of the molecule is CC(CO)CCCNC1CCCCc2ccccc21. The number of rotatable bonds is 6. The first kappa shape index (κ1) is 14.5. The van der Waals surface area contributed by atoms with Crippen LogP contribution in [0.1, 0.15) is 56.2 Å². The molecule has 2 heteroatoms. The zero-order valence-electron chi connectivity index (χ0n) is 12.1. The molecule has 106 valence electrons. The Morgan fingerprint density at radius 3 is 3.00 bits per heavy atom. The Morgan fingerprint density at radius 2 is 2.16 bits per heavy atom. The van der Waals surface area contributed by atoms with E-state index in [4.69, 9.17) is 5.11 Å². The fourth-order valence-electron chi connectivity index (χ4n) is 2.95. The lowest BCUT2D eigenvalue weighted by molar-refractivity contribution is 0.227. The number of hydrogen-bond acceptors (Lipinski definition) is 2. The topological polar surface area (TPSA) is 32.3 Å². The van der Waals surface area contributed by atoms with Crippen LogP contribution in [-0.4, -0.2) is 18.3 Å². The minimum atomic E-state index is 0.312. The molecule has 2 atom stereocenters. The van der Waals surface area contributed by atoms with Crippen molar-refractivity contribution in [2.24, 2.45) is 5.92 Å². The van der Waals surface area contributed by atoms with Crippen LogP contribution in [-0.2, 0) is 6.42 Å². The van der Waals surface area contributed by atoms with Crippen LogP contribution in [0.4, 0.5) is 0 Å². The second-order valence-corrected chi connectivity index (χ2v) is 5.88. The van der Waals surface area contributed by atoms with Crippen LogP contribution in [0.3, 0.4) is 0 Å². The first-order valence-corrected chi connectivity index (χ1v) is 7.73. The highest BCUT2D eigenvalue weighted by Crippen LogP contribution is 2.28. The number of fused-ring (bicyclic) bond motifs is 1. The molecule has 1 aromatic carbocycles. The molecular formula is C17H27NO. The summed E-state index contributed by atoms with van der Waals surface area (Å²) in [6.45, 7) is 3.48. The highest BCUT2D eigenvalue weighted by molar-refractivity contribution is 5.31. The predicted octanol–water partition coefficient (Wildman–Crippen LogP) is 3.45. The van der Waals surface area contributed by atoms with E-state index in [1.807, 2.05) is 0 Å². The van der Waals surface area contributed by atoms with E-state index in [0.29, 0.717) is 18.6 Å². The van der Waals surface area contributed by atoms with Gasteiger partial charge < -0.3 is 10.4 Å². The van der Waals surface area contributed by atoms with Crippen molar-refractivity contribution in [2.45, 2.75) is 51.5 Å². The molecular weight excluding hydrogens is 234 g/mol. The summed E-state index contributed by atoms with van der Waals surface area (Å²) in [5.41, 5.74) is 3.04. The molecule has 0 radical (unpaired) electrons. The highest BCUT2D eigenvalue weighted by Gasteiger charge is 2.17. The summed E-state index contributed by atoms with van der Waals surface area (Å²) in [5.74, 6) is 0.434. The van der Waals surface area contributed by atoms with Gasteiger partial charge in [0.15, 0.2) is 0 Å². The molecule has 0 amide bonds. The molecule has 1 aliphatic rings. The number of nitrogens with one attached hydrogen (secondary N) is 1. The maximum atomic E-state index is 9.03. The Morgan fingerprint density at radius 1 is 1.32 bits per heavy atom. The predicted molar refractivity (Wildman–Crippen MR) is 80.2 cm³/mol. The van der Waals surface area contributed by atoms with E-state index >= 15 is 0 Å². The lowest BCUT2D eigenvalue weighted by atomic mass is 9.99. The van der Waals surface area contributed by atoms with Crippen LogP contribution >= 0.6 is 0 Å². The lowest BCUT2D eigenvalue weighted by Crippen LogP contribution is -2.23. The van der Waals surface area contributed by atoms with Gasteiger partial charge in [-0.05, 0) is 55.7 Å². The molecule has 0 saturated heterocycles. The number of aliphatic hydroxyl groups is 1. The average Bonchev–Trinajstić information content (AvgIpc) is 2.66. The third kappa shape index (κ3) is 4.32. The molecule has 19 heavy (non-hydrogen) atoms. The minimum absolute atomic E-state index is 0.312. The smallest absolute Gasteiger partial charge is 0.0456 e. The third-order valence-electron chi connectivity index (χ3n) is 4.20. The number of aryl methyl sites for hydroxylation is 1. The fourth-order valence-corrected chi connectivity index (χ4v) is 2.95. The van der Waals surface area contributed by atoms with Crippen molar-refractivity contribution in [1.29, 1.82) is 0 Å². The Balaban J connectivity index is 1.86. The van der Waals surface area contributed by atoms with Gasteiger partial charge in [0.25, 0.3) is 0 Å². The molecule has 0 aromatic heterocycles. The maximum absolute atomic E-state index is 9.03. The van der Waals surface area contributed by atoms with Crippen molar-refractivity contribution >= 4 is 0 Å². The van der Waals surface area contributed by atoms with Gasteiger partial charge in [-0.3, -0.25) is 0 Å². The van der Waals surface area contributed by atoms with E-state index in [-0.39, 0.29) is 0 Å². The summed E-state index contributed by atoms with van der Waals surface area (Å²) in [4.78, 5) is 0. The molecule has 0 spiro atoms. The summed E-state index contributed by atoms with van der Waals surface area (Å²) in [6.07, 6.45) is 7.39. The monoisotopic (exact) mass is 261 g/mol. The zero-order valence-corrected chi connectivity index (χ0v) is 12.1. The molecule has 0 saturated carbocycles. The molecule has 0 heterocycles. The summed E-state index contributed by atoms with van der Waals surface area (Å²) < 4.78 is 0. The Kier molecular flexibility index (Phi) is 5.87. The van der Waals surface area contributed by atoms with Gasteiger partial charge in [0.2, 0.25) is 0 Å². The van der Waals surface area contributed by atoms with Crippen LogP contribution < -0.4 is 5.32 Å². The summed E-state index contributed by atoms with van der Waals surface area (Å²) in [6, 6.07) is 9.41. The van der Waals surface area contributed by atoms with E-state index in [9.17, 15) is 0 Å². The Hall–Kier alpha value is -0.860. The molecule has 1 aromatic rings. The van der Waals surface area contributed by atoms with Crippen molar-refractivity contribution in [2.75, 3.05) is 13.2 Å². The normalized spacial score (nSPS) is 20.6. The van der Waals surface area contributed by atoms with Crippen LogP contribution in [0.25, 0.3) is 0 Å². The molecule has 0 fully saturated rings. The van der Waals surface area contributed by atoms with Gasteiger partial charge in [0.05, 0.1) is 0 Å². The molecule has 2 nitrogen and oxygen atoms in total. The van der Waals surface area contributed by atoms with E-state index in [2.05, 4.69) is 36.5 Å². The van der Waals surface area contributed by atoms with E-state index in [0.717, 1.165) is 19.4 Å². The Labute approximate surface area is 117 Å².